The largest absolute Gasteiger partial charge is 0.373 e. The fourth-order valence-corrected chi connectivity index (χ4v) is 2.72. The molecule has 23 heavy (non-hydrogen) atoms. The van der Waals surface area contributed by atoms with Gasteiger partial charge in [-0.3, -0.25) is 9.59 Å². The molecular formula is C18H17FN2O2. The number of rotatable bonds is 3. The number of hydrogen-bond acceptors (Lipinski definition) is 3. The van der Waals surface area contributed by atoms with Gasteiger partial charge in [0.1, 0.15) is 11.9 Å². The number of anilines is 2. The number of nitrogens with one attached hydrogen (secondary N) is 1. The van der Waals surface area contributed by atoms with Gasteiger partial charge in [0.25, 0.3) is 5.91 Å². The molecule has 1 N–H and O–H groups in total. The molecule has 0 bridgehead atoms. The molecule has 1 aliphatic rings. The third-order valence-corrected chi connectivity index (χ3v) is 4.15. The minimum Gasteiger partial charge on any atom is -0.373 e. The maximum absolute atomic E-state index is 12.9. The second-order valence-corrected chi connectivity index (χ2v) is 5.69. The fourth-order valence-electron chi connectivity index (χ4n) is 2.72. The van der Waals surface area contributed by atoms with E-state index in [0.29, 0.717) is 11.4 Å². The Kier molecular flexibility index (Phi) is 3.86. The monoisotopic (exact) mass is 312 g/mol. The lowest BCUT2D eigenvalue weighted by Gasteiger charge is -2.19. The predicted octanol–water partition coefficient (Wildman–Crippen LogP) is 3.19. The number of carbonyl (C=O) groups excluding carboxylic acids is 2. The van der Waals surface area contributed by atoms with E-state index >= 15 is 0 Å². The summed E-state index contributed by atoms with van der Waals surface area (Å²) < 4.78 is 12.9. The molecule has 1 heterocycles. The van der Waals surface area contributed by atoms with Gasteiger partial charge in [-0.2, -0.15) is 0 Å². The van der Waals surface area contributed by atoms with Crippen LogP contribution in [-0.4, -0.2) is 17.9 Å². The Labute approximate surface area is 133 Å². The van der Waals surface area contributed by atoms with Crippen LogP contribution in [0.15, 0.2) is 42.5 Å². The minimum atomic E-state index is -0.632. The first-order chi connectivity index (χ1) is 11.0. The Bertz CT molecular complexity index is 771. The van der Waals surface area contributed by atoms with Gasteiger partial charge in [-0.05, 0) is 55.3 Å². The van der Waals surface area contributed by atoms with Crippen molar-refractivity contribution in [2.75, 3.05) is 10.2 Å². The van der Waals surface area contributed by atoms with Gasteiger partial charge in [-0.25, -0.2) is 9.29 Å². The number of halogens is 1. The Balaban J connectivity index is 1.85. The summed E-state index contributed by atoms with van der Waals surface area (Å²) >= 11 is 0. The van der Waals surface area contributed by atoms with E-state index in [1.807, 2.05) is 26.0 Å². The van der Waals surface area contributed by atoms with Gasteiger partial charge in [0, 0.05) is 5.69 Å². The molecule has 4 nitrogen and oxygen atoms in total. The summed E-state index contributed by atoms with van der Waals surface area (Å²) in [6, 6.07) is 10.6. The zero-order valence-corrected chi connectivity index (χ0v) is 13.0. The van der Waals surface area contributed by atoms with E-state index in [2.05, 4.69) is 5.32 Å². The zero-order chi connectivity index (χ0) is 16.6. The first-order valence-corrected chi connectivity index (χ1v) is 7.42. The standard InChI is InChI=1S/C18H17FN2O2/c1-11-4-3-5-16(12(11)2)21-17(22)10-15(18(21)23)20-14-8-6-13(19)7-9-14/h3-9,15,20H,10H2,1-2H3/t15-/m1/s1. The highest BCUT2D eigenvalue weighted by atomic mass is 19.1. The van der Waals surface area contributed by atoms with Gasteiger partial charge in [-0.15, -0.1) is 0 Å². The molecule has 0 unspecified atom stereocenters. The molecule has 0 radical (unpaired) electrons. The summed E-state index contributed by atoms with van der Waals surface area (Å²) in [5.41, 5.74) is 3.18. The van der Waals surface area contributed by atoms with Crippen LogP contribution in [-0.2, 0) is 9.59 Å². The number of carbonyl (C=O) groups is 2. The summed E-state index contributed by atoms with van der Waals surface area (Å²) in [5.74, 6) is -0.863. The van der Waals surface area contributed by atoms with Gasteiger partial charge in [-0.1, -0.05) is 12.1 Å². The normalized spacial score (nSPS) is 17.7. The molecule has 3 rings (SSSR count). The molecule has 1 fully saturated rings. The highest BCUT2D eigenvalue weighted by molar-refractivity contribution is 6.23. The summed E-state index contributed by atoms with van der Waals surface area (Å²) in [6.45, 7) is 3.84. The Hall–Kier alpha value is -2.69. The number of nitrogens with zero attached hydrogens (tertiary/aromatic N) is 1. The SMILES string of the molecule is Cc1cccc(N2C(=O)C[C@@H](Nc3ccc(F)cc3)C2=O)c1C. The minimum absolute atomic E-state index is 0.0869. The average molecular weight is 312 g/mol. The molecule has 1 atom stereocenters. The summed E-state index contributed by atoms with van der Waals surface area (Å²) in [4.78, 5) is 26.2. The van der Waals surface area contributed by atoms with Crippen LogP contribution < -0.4 is 10.2 Å². The van der Waals surface area contributed by atoms with Gasteiger partial charge >= 0.3 is 0 Å². The van der Waals surface area contributed by atoms with Crippen LogP contribution in [0.2, 0.25) is 0 Å². The number of benzene rings is 2. The van der Waals surface area contributed by atoms with E-state index < -0.39 is 6.04 Å². The molecule has 2 aromatic rings. The van der Waals surface area contributed by atoms with Crippen LogP contribution in [0, 0.1) is 19.7 Å². The van der Waals surface area contributed by atoms with Crippen LogP contribution >= 0.6 is 0 Å². The van der Waals surface area contributed by atoms with Crippen LogP contribution in [0.1, 0.15) is 17.5 Å². The Morgan fingerprint density at radius 1 is 1.09 bits per heavy atom. The number of hydrogen-bond donors (Lipinski definition) is 1. The molecule has 0 aliphatic carbocycles. The maximum atomic E-state index is 12.9. The molecule has 2 aromatic carbocycles. The molecule has 5 heteroatoms. The number of amides is 2. The molecule has 0 spiro atoms. The van der Waals surface area contributed by atoms with Crippen molar-refractivity contribution in [3.8, 4) is 0 Å². The van der Waals surface area contributed by atoms with E-state index in [1.165, 1.54) is 17.0 Å². The van der Waals surface area contributed by atoms with Crippen molar-refractivity contribution in [3.63, 3.8) is 0 Å². The van der Waals surface area contributed by atoms with Crippen LogP contribution in [0.3, 0.4) is 0 Å². The van der Waals surface area contributed by atoms with Crippen molar-refractivity contribution < 1.29 is 14.0 Å². The lowest BCUT2D eigenvalue weighted by molar-refractivity contribution is -0.121. The van der Waals surface area contributed by atoms with E-state index in [1.54, 1.807) is 18.2 Å². The molecule has 0 saturated carbocycles. The second-order valence-electron chi connectivity index (χ2n) is 5.69. The van der Waals surface area contributed by atoms with Crippen molar-refractivity contribution in [2.24, 2.45) is 0 Å². The van der Waals surface area contributed by atoms with Crippen molar-refractivity contribution >= 4 is 23.2 Å². The second kappa shape index (κ2) is 5.83. The first-order valence-electron chi connectivity index (χ1n) is 7.42. The van der Waals surface area contributed by atoms with Gasteiger partial charge < -0.3 is 5.32 Å². The third kappa shape index (κ3) is 2.82. The molecular weight excluding hydrogens is 295 g/mol. The summed E-state index contributed by atoms with van der Waals surface area (Å²) in [7, 11) is 0. The fraction of sp³-hybridized carbons (Fsp3) is 0.222. The van der Waals surface area contributed by atoms with E-state index in [4.69, 9.17) is 0 Å². The molecule has 0 aromatic heterocycles. The van der Waals surface area contributed by atoms with E-state index in [0.717, 1.165) is 11.1 Å². The molecule has 1 saturated heterocycles. The van der Waals surface area contributed by atoms with Gasteiger partial charge in [0.05, 0.1) is 12.1 Å². The van der Waals surface area contributed by atoms with E-state index in [9.17, 15) is 14.0 Å². The van der Waals surface area contributed by atoms with Crippen LogP contribution in [0.25, 0.3) is 0 Å². The smallest absolute Gasteiger partial charge is 0.256 e. The highest BCUT2D eigenvalue weighted by Gasteiger charge is 2.40. The Morgan fingerprint density at radius 2 is 1.78 bits per heavy atom. The predicted molar refractivity (Wildman–Crippen MR) is 86.8 cm³/mol. The van der Waals surface area contributed by atoms with Crippen molar-refractivity contribution in [1.29, 1.82) is 0 Å². The number of aryl methyl sites for hydroxylation is 1. The molecule has 1 aliphatic heterocycles. The van der Waals surface area contributed by atoms with Crippen LogP contribution in [0.5, 0.6) is 0 Å². The highest BCUT2D eigenvalue weighted by Crippen LogP contribution is 2.29. The quantitative estimate of drug-likeness (QED) is 0.886. The summed E-state index contributed by atoms with van der Waals surface area (Å²) in [5, 5.41) is 3.00. The topological polar surface area (TPSA) is 49.4 Å². The van der Waals surface area contributed by atoms with Gasteiger partial charge in [0.15, 0.2) is 0 Å². The lowest BCUT2D eigenvalue weighted by Crippen LogP contribution is -2.35. The van der Waals surface area contributed by atoms with Crippen molar-refractivity contribution in [3.05, 3.63) is 59.4 Å². The first kappa shape index (κ1) is 15.2. The number of imide groups is 1. The van der Waals surface area contributed by atoms with Crippen molar-refractivity contribution in [1.82, 2.24) is 0 Å². The van der Waals surface area contributed by atoms with E-state index in [-0.39, 0.29) is 24.1 Å². The molecule has 118 valence electrons. The van der Waals surface area contributed by atoms with Crippen molar-refractivity contribution in [2.45, 2.75) is 26.3 Å². The maximum Gasteiger partial charge on any atom is 0.256 e. The Morgan fingerprint density at radius 3 is 2.48 bits per heavy atom. The molecule has 2 amide bonds. The summed E-state index contributed by atoms with van der Waals surface area (Å²) in [6.07, 6.45) is 0.0869. The average Bonchev–Trinajstić information content (AvgIpc) is 2.79. The van der Waals surface area contributed by atoms with Crippen LogP contribution in [0.4, 0.5) is 15.8 Å². The lowest BCUT2D eigenvalue weighted by atomic mass is 10.1. The third-order valence-electron chi connectivity index (χ3n) is 4.15. The van der Waals surface area contributed by atoms with Gasteiger partial charge in [0.2, 0.25) is 5.91 Å². The zero-order valence-electron chi connectivity index (χ0n) is 13.0.